The highest BCUT2D eigenvalue weighted by Crippen LogP contribution is 2.40. The van der Waals surface area contributed by atoms with Crippen molar-refractivity contribution >= 4 is 17.2 Å². The molecule has 0 aromatic carbocycles. The molecular formula is C9H14N2S. The van der Waals surface area contributed by atoms with E-state index < -0.39 is 0 Å². The summed E-state index contributed by atoms with van der Waals surface area (Å²) in [4.78, 5) is 4.34. The van der Waals surface area contributed by atoms with Gasteiger partial charge in [0.25, 0.3) is 0 Å². The standard InChI is InChI=1S/C9H14N2S/c1-6-3-2-4-7(6)9-11-8(10)5-12-9/h5-7H,2-4,10H2,1H3. The number of aromatic nitrogens is 1. The third kappa shape index (κ3) is 1.33. The summed E-state index contributed by atoms with van der Waals surface area (Å²) in [6.45, 7) is 2.31. The molecule has 0 spiro atoms. The molecule has 1 aromatic heterocycles. The van der Waals surface area contributed by atoms with Crippen molar-refractivity contribution in [3.05, 3.63) is 10.4 Å². The van der Waals surface area contributed by atoms with Gasteiger partial charge in [0, 0.05) is 11.3 Å². The van der Waals surface area contributed by atoms with Crippen molar-refractivity contribution in [3.8, 4) is 0 Å². The number of hydrogen-bond acceptors (Lipinski definition) is 3. The topological polar surface area (TPSA) is 38.9 Å². The van der Waals surface area contributed by atoms with Gasteiger partial charge in [0.1, 0.15) is 5.82 Å². The Bertz CT molecular complexity index is 269. The number of nitrogens with zero attached hydrogens (tertiary/aromatic N) is 1. The first-order chi connectivity index (χ1) is 5.77. The minimum Gasteiger partial charge on any atom is -0.383 e. The first-order valence-corrected chi connectivity index (χ1v) is 5.36. The van der Waals surface area contributed by atoms with Crippen LogP contribution in [0.2, 0.25) is 0 Å². The number of anilines is 1. The van der Waals surface area contributed by atoms with Crippen molar-refractivity contribution in [2.24, 2.45) is 5.92 Å². The number of thiazole rings is 1. The molecule has 2 nitrogen and oxygen atoms in total. The van der Waals surface area contributed by atoms with Crippen LogP contribution in [0.4, 0.5) is 5.82 Å². The predicted octanol–water partition coefficient (Wildman–Crippen LogP) is 2.63. The van der Waals surface area contributed by atoms with E-state index in [0.29, 0.717) is 11.7 Å². The molecule has 2 N–H and O–H groups in total. The van der Waals surface area contributed by atoms with Crippen molar-refractivity contribution in [1.82, 2.24) is 4.98 Å². The van der Waals surface area contributed by atoms with Gasteiger partial charge in [-0.25, -0.2) is 4.98 Å². The summed E-state index contributed by atoms with van der Waals surface area (Å²) in [5.41, 5.74) is 5.59. The summed E-state index contributed by atoms with van der Waals surface area (Å²) in [5, 5.41) is 3.19. The fourth-order valence-corrected chi connectivity index (χ4v) is 2.96. The molecule has 1 aromatic rings. The molecule has 2 rings (SSSR count). The van der Waals surface area contributed by atoms with Gasteiger partial charge in [0.05, 0.1) is 5.01 Å². The van der Waals surface area contributed by atoms with Crippen molar-refractivity contribution in [1.29, 1.82) is 0 Å². The Morgan fingerprint density at radius 2 is 2.42 bits per heavy atom. The molecule has 1 fully saturated rings. The van der Waals surface area contributed by atoms with E-state index in [1.807, 2.05) is 5.38 Å². The SMILES string of the molecule is CC1CCCC1c1nc(N)cs1. The van der Waals surface area contributed by atoms with Gasteiger partial charge >= 0.3 is 0 Å². The number of rotatable bonds is 1. The highest BCUT2D eigenvalue weighted by Gasteiger charge is 2.26. The molecule has 2 unspecified atom stereocenters. The van der Waals surface area contributed by atoms with Crippen LogP contribution in [0.5, 0.6) is 0 Å². The Morgan fingerprint density at radius 3 is 2.92 bits per heavy atom. The molecule has 66 valence electrons. The van der Waals surface area contributed by atoms with Crippen LogP contribution in [0, 0.1) is 5.92 Å². The molecule has 0 bridgehead atoms. The van der Waals surface area contributed by atoms with Crippen LogP contribution in [-0.2, 0) is 0 Å². The van der Waals surface area contributed by atoms with Gasteiger partial charge in [0.2, 0.25) is 0 Å². The van der Waals surface area contributed by atoms with Gasteiger partial charge in [-0.15, -0.1) is 11.3 Å². The molecular weight excluding hydrogens is 168 g/mol. The first-order valence-electron chi connectivity index (χ1n) is 4.48. The maximum absolute atomic E-state index is 5.59. The molecule has 1 saturated carbocycles. The zero-order valence-electron chi connectivity index (χ0n) is 7.29. The zero-order chi connectivity index (χ0) is 8.55. The Morgan fingerprint density at radius 1 is 1.58 bits per heavy atom. The lowest BCUT2D eigenvalue weighted by molar-refractivity contribution is 0.531. The maximum Gasteiger partial charge on any atom is 0.134 e. The van der Waals surface area contributed by atoms with Gasteiger partial charge in [-0.1, -0.05) is 19.8 Å². The van der Waals surface area contributed by atoms with E-state index in [0.717, 1.165) is 5.92 Å². The van der Waals surface area contributed by atoms with E-state index in [2.05, 4.69) is 11.9 Å². The van der Waals surface area contributed by atoms with Crippen molar-refractivity contribution in [2.75, 3.05) is 5.73 Å². The van der Waals surface area contributed by atoms with Crippen LogP contribution in [0.1, 0.15) is 37.1 Å². The quantitative estimate of drug-likeness (QED) is 0.725. The fourth-order valence-electron chi connectivity index (χ4n) is 1.98. The van der Waals surface area contributed by atoms with Crippen molar-refractivity contribution in [2.45, 2.75) is 32.1 Å². The molecule has 3 heteroatoms. The highest BCUT2D eigenvalue weighted by molar-refractivity contribution is 7.10. The smallest absolute Gasteiger partial charge is 0.134 e. The molecule has 0 amide bonds. The number of hydrogen-bond donors (Lipinski definition) is 1. The van der Waals surface area contributed by atoms with E-state index in [-0.39, 0.29) is 0 Å². The third-order valence-corrected chi connectivity index (χ3v) is 3.71. The average Bonchev–Trinajstić information content (AvgIpc) is 2.58. The second kappa shape index (κ2) is 3.05. The summed E-state index contributed by atoms with van der Waals surface area (Å²) in [5.74, 6) is 2.18. The second-order valence-electron chi connectivity index (χ2n) is 3.63. The summed E-state index contributed by atoms with van der Waals surface area (Å²) in [6, 6.07) is 0. The Labute approximate surface area is 76.8 Å². The van der Waals surface area contributed by atoms with Crippen LogP contribution in [0.15, 0.2) is 5.38 Å². The van der Waals surface area contributed by atoms with E-state index in [1.165, 1.54) is 24.3 Å². The Kier molecular flexibility index (Phi) is 2.05. The van der Waals surface area contributed by atoms with Gasteiger partial charge in [-0.2, -0.15) is 0 Å². The highest BCUT2D eigenvalue weighted by atomic mass is 32.1. The minimum atomic E-state index is 0.687. The third-order valence-electron chi connectivity index (χ3n) is 2.72. The number of nitrogens with two attached hydrogens (primary N) is 1. The number of nitrogen functional groups attached to an aromatic ring is 1. The summed E-state index contributed by atoms with van der Waals surface area (Å²) in [6.07, 6.45) is 4.00. The van der Waals surface area contributed by atoms with Crippen LogP contribution in [0.3, 0.4) is 0 Å². The summed E-state index contributed by atoms with van der Waals surface area (Å²) < 4.78 is 0. The molecule has 12 heavy (non-hydrogen) atoms. The zero-order valence-corrected chi connectivity index (χ0v) is 8.10. The van der Waals surface area contributed by atoms with Crippen molar-refractivity contribution in [3.63, 3.8) is 0 Å². The van der Waals surface area contributed by atoms with Crippen LogP contribution in [0.25, 0.3) is 0 Å². The van der Waals surface area contributed by atoms with Crippen LogP contribution in [-0.4, -0.2) is 4.98 Å². The Balaban J connectivity index is 2.19. The maximum atomic E-state index is 5.59. The monoisotopic (exact) mass is 182 g/mol. The molecule has 2 atom stereocenters. The first kappa shape index (κ1) is 8.05. The molecule has 1 aliphatic rings. The molecule has 0 radical (unpaired) electrons. The van der Waals surface area contributed by atoms with Gasteiger partial charge < -0.3 is 5.73 Å². The summed E-state index contributed by atoms with van der Waals surface area (Å²) >= 11 is 1.71. The molecule has 1 aliphatic carbocycles. The lowest BCUT2D eigenvalue weighted by Crippen LogP contribution is -2.01. The predicted molar refractivity (Wildman–Crippen MR) is 52.3 cm³/mol. The van der Waals surface area contributed by atoms with Crippen LogP contribution >= 0.6 is 11.3 Å². The lowest BCUT2D eigenvalue weighted by atomic mass is 9.99. The molecule has 0 saturated heterocycles. The van der Waals surface area contributed by atoms with E-state index >= 15 is 0 Å². The van der Waals surface area contributed by atoms with E-state index in [9.17, 15) is 0 Å². The van der Waals surface area contributed by atoms with Crippen LogP contribution < -0.4 is 5.73 Å². The molecule has 1 heterocycles. The Hall–Kier alpha value is -0.570. The van der Waals surface area contributed by atoms with Crippen molar-refractivity contribution < 1.29 is 0 Å². The van der Waals surface area contributed by atoms with E-state index in [4.69, 9.17) is 5.73 Å². The second-order valence-corrected chi connectivity index (χ2v) is 4.51. The lowest BCUT2D eigenvalue weighted by Gasteiger charge is -2.10. The largest absolute Gasteiger partial charge is 0.383 e. The summed E-state index contributed by atoms with van der Waals surface area (Å²) in [7, 11) is 0. The minimum absolute atomic E-state index is 0.687. The van der Waals surface area contributed by atoms with Gasteiger partial charge in [-0.3, -0.25) is 0 Å². The normalized spacial score (nSPS) is 29.4. The fraction of sp³-hybridized carbons (Fsp3) is 0.667. The van der Waals surface area contributed by atoms with Gasteiger partial charge in [0.15, 0.2) is 0 Å². The van der Waals surface area contributed by atoms with E-state index in [1.54, 1.807) is 11.3 Å². The van der Waals surface area contributed by atoms with Gasteiger partial charge in [-0.05, 0) is 12.3 Å². The average molecular weight is 182 g/mol. The molecule has 0 aliphatic heterocycles.